The highest BCUT2D eigenvalue weighted by Gasteiger charge is 2.02. The first-order valence-corrected chi connectivity index (χ1v) is 3.99. The standard InChI is InChI=1S/C4H9O4P/c5-9-7-3-1-6-2-4-8-9/h9H,1-4H2. The van der Waals surface area contributed by atoms with E-state index in [-0.39, 0.29) is 0 Å². The Labute approximate surface area is 54.0 Å². The van der Waals surface area contributed by atoms with Crippen LogP contribution in [-0.2, 0) is 18.3 Å². The summed E-state index contributed by atoms with van der Waals surface area (Å²) < 4.78 is 24.8. The average molecular weight is 152 g/mol. The second kappa shape index (κ2) is 4.01. The first kappa shape index (κ1) is 7.22. The third-order valence-corrected chi connectivity index (χ3v) is 1.77. The summed E-state index contributed by atoms with van der Waals surface area (Å²) in [7, 11) is -2.18. The molecule has 0 aromatic carbocycles. The van der Waals surface area contributed by atoms with Crippen molar-refractivity contribution in [3.63, 3.8) is 0 Å². The summed E-state index contributed by atoms with van der Waals surface area (Å²) in [6.07, 6.45) is 0. The van der Waals surface area contributed by atoms with Crippen molar-refractivity contribution < 1.29 is 18.3 Å². The molecule has 0 unspecified atom stereocenters. The summed E-state index contributed by atoms with van der Waals surface area (Å²) in [5.41, 5.74) is 0. The Balaban J connectivity index is 2.20. The first-order chi connectivity index (χ1) is 4.39. The van der Waals surface area contributed by atoms with Crippen LogP contribution in [0.4, 0.5) is 0 Å². The van der Waals surface area contributed by atoms with Crippen LogP contribution in [-0.4, -0.2) is 26.4 Å². The van der Waals surface area contributed by atoms with Gasteiger partial charge in [0.1, 0.15) is 0 Å². The number of ether oxygens (including phenoxy) is 1. The largest absolute Gasteiger partial charge is 0.377 e. The normalized spacial score (nSPS) is 24.9. The Morgan fingerprint density at radius 3 is 2.11 bits per heavy atom. The third kappa shape index (κ3) is 2.96. The topological polar surface area (TPSA) is 44.8 Å². The number of rotatable bonds is 0. The van der Waals surface area contributed by atoms with Gasteiger partial charge < -0.3 is 13.8 Å². The maximum Gasteiger partial charge on any atom is 0.319 e. The molecule has 0 N–H and O–H groups in total. The molecule has 0 spiro atoms. The molecule has 1 fully saturated rings. The lowest BCUT2D eigenvalue weighted by molar-refractivity contribution is 0.0494. The van der Waals surface area contributed by atoms with Gasteiger partial charge in [-0.1, -0.05) is 0 Å². The van der Waals surface area contributed by atoms with E-state index >= 15 is 0 Å². The fraction of sp³-hybridized carbons (Fsp3) is 1.00. The van der Waals surface area contributed by atoms with Gasteiger partial charge in [-0.05, 0) is 0 Å². The van der Waals surface area contributed by atoms with E-state index in [1.165, 1.54) is 0 Å². The first-order valence-electron chi connectivity index (χ1n) is 2.77. The van der Waals surface area contributed by atoms with Crippen molar-refractivity contribution in [2.24, 2.45) is 0 Å². The number of hydrogen-bond acceptors (Lipinski definition) is 4. The van der Waals surface area contributed by atoms with E-state index in [1.54, 1.807) is 0 Å². The Hall–Kier alpha value is 0.110. The van der Waals surface area contributed by atoms with Crippen LogP contribution >= 0.6 is 8.25 Å². The van der Waals surface area contributed by atoms with Crippen LogP contribution in [0.3, 0.4) is 0 Å². The van der Waals surface area contributed by atoms with Gasteiger partial charge in [0.25, 0.3) is 0 Å². The molecule has 0 radical (unpaired) electrons. The highest BCUT2D eigenvalue weighted by molar-refractivity contribution is 7.33. The Morgan fingerprint density at radius 2 is 1.56 bits per heavy atom. The second-order valence-corrected chi connectivity index (χ2v) is 2.64. The highest BCUT2D eigenvalue weighted by Crippen LogP contribution is 2.23. The molecule has 5 heteroatoms. The molecule has 0 aliphatic carbocycles. The molecule has 4 nitrogen and oxygen atoms in total. The molecule has 1 saturated heterocycles. The SMILES string of the molecule is O=[PH]1OCCOCCO1. The van der Waals surface area contributed by atoms with Crippen molar-refractivity contribution >= 4 is 8.25 Å². The van der Waals surface area contributed by atoms with Crippen LogP contribution in [0.1, 0.15) is 0 Å². The van der Waals surface area contributed by atoms with Gasteiger partial charge in [-0.25, -0.2) is 0 Å². The zero-order valence-electron chi connectivity index (χ0n) is 4.96. The Bertz CT molecular complexity index is 94.7. The van der Waals surface area contributed by atoms with E-state index < -0.39 is 8.25 Å². The monoisotopic (exact) mass is 152 g/mol. The molecule has 0 aromatic heterocycles. The third-order valence-electron chi connectivity index (χ3n) is 0.895. The minimum absolute atomic E-state index is 0.373. The molecule has 9 heavy (non-hydrogen) atoms. The van der Waals surface area contributed by atoms with Crippen molar-refractivity contribution in [2.75, 3.05) is 26.4 Å². The van der Waals surface area contributed by atoms with Crippen molar-refractivity contribution in [3.8, 4) is 0 Å². The molecule has 0 aromatic rings. The molecule has 0 amide bonds. The quantitative estimate of drug-likeness (QED) is 0.472. The van der Waals surface area contributed by atoms with E-state index in [4.69, 9.17) is 4.74 Å². The van der Waals surface area contributed by atoms with Gasteiger partial charge in [-0.3, -0.25) is 4.57 Å². The van der Waals surface area contributed by atoms with Crippen LogP contribution < -0.4 is 0 Å². The predicted molar refractivity (Wildman–Crippen MR) is 31.7 cm³/mol. The maximum atomic E-state index is 10.5. The summed E-state index contributed by atoms with van der Waals surface area (Å²) >= 11 is 0. The summed E-state index contributed by atoms with van der Waals surface area (Å²) in [5.74, 6) is 0. The van der Waals surface area contributed by atoms with Crippen LogP contribution in [0.25, 0.3) is 0 Å². The zero-order valence-corrected chi connectivity index (χ0v) is 5.96. The predicted octanol–water partition coefficient (Wildman–Crippen LogP) is 0.439. The molecule has 1 aliphatic rings. The van der Waals surface area contributed by atoms with E-state index in [2.05, 4.69) is 9.05 Å². The lowest BCUT2D eigenvalue weighted by atomic mass is 10.7. The highest BCUT2D eigenvalue weighted by atomic mass is 31.1. The smallest absolute Gasteiger partial charge is 0.319 e. The van der Waals surface area contributed by atoms with Crippen molar-refractivity contribution in [1.82, 2.24) is 0 Å². The van der Waals surface area contributed by atoms with Gasteiger partial charge in [-0.15, -0.1) is 0 Å². The van der Waals surface area contributed by atoms with E-state index in [1.807, 2.05) is 0 Å². The van der Waals surface area contributed by atoms with Crippen LogP contribution in [0, 0.1) is 0 Å². The van der Waals surface area contributed by atoms with Gasteiger partial charge in [0.05, 0.1) is 26.4 Å². The molecule has 1 aliphatic heterocycles. The molecule has 1 heterocycles. The molecular weight excluding hydrogens is 143 g/mol. The number of hydrogen-bond donors (Lipinski definition) is 0. The van der Waals surface area contributed by atoms with Gasteiger partial charge in [-0.2, -0.15) is 0 Å². The fourth-order valence-electron chi connectivity index (χ4n) is 0.512. The summed E-state index contributed by atoms with van der Waals surface area (Å²) in [4.78, 5) is 0. The van der Waals surface area contributed by atoms with E-state index in [9.17, 15) is 4.57 Å². The zero-order chi connectivity index (χ0) is 6.53. The minimum atomic E-state index is -2.18. The molecule has 0 atom stereocenters. The maximum absolute atomic E-state index is 10.5. The lowest BCUT2D eigenvalue weighted by Crippen LogP contribution is -2.09. The lowest BCUT2D eigenvalue weighted by Gasteiger charge is -2.09. The molecule has 0 bridgehead atoms. The molecular formula is C4H9O4P. The Morgan fingerprint density at radius 1 is 1.00 bits per heavy atom. The van der Waals surface area contributed by atoms with E-state index in [0.29, 0.717) is 26.4 Å². The fourth-order valence-corrected chi connectivity index (χ4v) is 1.09. The van der Waals surface area contributed by atoms with Crippen LogP contribution in [0.2, 0.25) is 0 Å². The van der Waals surface area contributed by atoms with Crippen molar-refractivity contribution in [3.05, 3.63) is 0 Å². The van der Waals surface area contributed by atoms with Crippen molar-refractivity contribution in [2.45, 2.75) is 0 Å². The van der Waals surface area contributed by atoms with Gasteiger partial charge in [0, 0.05) is 0 Å². The van der Waals surface area contributed by atoms with Gasteiger partial charge in [0.2, 0.25) is 0 Å². The van der Waals surface area contributed by atoms with Crippen LogP contribution in [0.5, 0.6) is 0 Å². The summed E-state index contributed by atoms with van der Waals surface area (Å²) in [5, 5.41) is 0. The summed E-state index contributed by atoms with van der Waals surface area (Å²) in [6, 6.07) is 0. The van der Waals surface area contributed by atoms with Crippen molar-refractivity contribution in [1.29, 1.82) is 0 Å². The minimum Gasteiger partial charge on any atom is -0.377 e. The van der Waals surface area contributed by atoms with Gasteiger partial charge in [0.15, 0.2) is 0 Å². The molecule has 0 saturated carbocycles. The molecule has 1 rings (SSSR count). The van der Waals surface area contributed by atoms with E-state index in [0.717, 1.165) is 0 Å². The molecule has 54 valence electrons. The van der Waals surface area contributed by atoms with Crippen LogP contribution in [0.15, 0.2) is 0 Å². The summed E-state index contributed by atoms with van der Waals surface area (Å²) in [6.45, 7) is 1.77. The Kier molecular flexibility index (Phi) is 3.22. The second-order valence-electron chi connectivity index (χ2n) is 1.56. The average Bonchev–Trinajstić information content (AvgIpc) is 1.79. The van der Waals surface area contributed by atoms with Gasteiger partial charge >= 0.3 is 8.25 Å².